The van der Waals surface area contributed by atoms with E-state index >= 15 is 0 Å². The number of hydrogen-bond acceptors (Lipinski definition) is 2. The Balaban J connectivity index is 0.00000106. The fraction of sp³-hybridized carbons (Fsp3) is 0.571. The van der Waals surface area contributed by atoms with E-state index in [9.17, 15) is 0 Å². The summed E-state index contributed by atoms with van der Waals surface area (Å²) in [7, 11) is 0. The molecule has 0 bridgehead atoms. The van der Waals surface area contributed by atoms with Crippen LogP contribution in [0.25, 0.3) is 0 Å². The van der Waals surface area contributed by atoms with Crippen molar-refractivity contribution in [3.63, 3.8) is 0 Å². The van der Waals surface area contributed by atoms with E-state index in [2.05, 4.69) is 0 Å². The van der Waals surface area contributed by atoms with Gasteiger partial charge in [-0.3, -0.25) is 0 Å². The first kappa shape index (κ1) is 15.1. The molecule has 0 saturated heterocycles. The first-order valence-electron chi connectivity index (χ1n) is 6.06. The van der Waals surface area contributed by atoms with Gasteiger partial charge in [-0.2, -0.15) is 0 Å². The van der Waals surface area contributed by atoms with Gasteiger partial charge in [-0.05, 0) is 20.8 Å². The molecule has 1 aromatic carbocycles. The highest BCUT2D eigenvalue weighted by atomic mass is 16.7. The van der Waals surface area contributed by atoms with Crippen LogP contribution in [0.15, 0.2) is 30.3 Å². The first-order chi connectivity index (χ1) is 7.74. The van der Waals surface area contributed by atoms with E-state index < -0.39 is 0 Å². The standard InChI is InChI=1S/C12H18O2.C2H6/c1-4-13-12(14-10(2)3)11-8-6-5-7-9-11;1-2/h5-10,12H,4H2,1-3H3;1-2H3. The van der Waals surface area contributed by atoms with Crippen molar-refractivity contribution in [3.8, 4) is 0 Å². The average Bonchev–Trinajstić information content (AvgIpc) is 2.32. The second kappa shape index (κ2) is 9.37. The van der Waals surface area contributed by atoms with Crippen molar-refractivity contribution in [1.29, 1.82) is 0 Å². The Kier molecular flexibility index (Phi) is 8.87. The Labute approximate surface area is 99.6 Å². The van der Waals surface area contributed by atoms with Crippen LogP contribution in [0.3, 0.4) is 0 Å². The summed E-state index contributed by atoms with van der Waals surface area (Å²) < 4.78 is 11.2. The maximum atomic E-state index is 5.65. The maximum absolute atomic E-state index is 5.65. The molecule has 0 N–H and O–H groups in total. The van der Waals surface area contributed by atoms with Crippen LogP contribution in [0.2, 0.25) is 0 Å². The number of hydrogen-bond donors (Lipinski definition) is 0. The van der Waals surface area contributed by atoms with Crippen molar-refractivity contribution in [2.75, 3.05) is 6.61 Å². The van der Waals surface area contributed by atoms with Crippen molar-refractivity contribution in [1.82, 2.24) is 0 Å². The summed E-state index contributed by atoms with van der Waals surface area (Å²) >= 11 is 0. The van der Waals surface area contributed by atoms with Gasteiger partial charge in [0.1, 0.15) is 0 Å². The average molecular weight is 224 g/mol. The largest absolute Gasteiger partial charge is 0.349 e. The molecule has 0 fully saturated rings. The third-order valence-corrected chi connectivity index (χ3v) is 1.79. The zero-order valence-corrected chi connectivity index (χ0v) is 11.1. The van der Waals surface area contributed by atoms with Crippen molar-refractivity contribution >= 4 is 0 Å². The summed E-state index contributed by atoms with van der Waals surface area (Å²) in [4.78, 5) is 0. The van der Waals surface area contributed by atoms with E-state index in [0.29, 0.717) is 6.61 Å². The molecular formula is C14H24O2. The van der Waals surface area contributed by atoms with Gasteiger partial charge >= 0.3 is 0 Å². The van der Waals surface area contributed by atoms with E-state index in [-0.39, 0.29) is 12.4 Å². The molecule has 0 amide bonds. The third kappa shape index (κ3) is 5.89. The Bertz CT molecular complexity index is 244. The lowest BCUT2D eigenvalue weighted by Gasteiger charge is -2.20. The third-order valence-electron chi connectivity index (χ3n) is 1.79. The SMILES string of the molecule is CC.CCOC(OC(C)C)c1ccccc1. The second-order valence-corrected chi connectivity index (χ2v) is 3.38. The van der Waals surface area contributed by atoms with Gasteiger partial charge in [0.05, 0.1) is 6.10 Å². The van der Waals surface area contributed by atoms with E-state index in [1.54, 1.807) is 0 Å². The second-order valence-electron chi connectivity index (χ2n) is 3.38. The summed E-state index contributed by atoms with van der Waals surface area (Å²) in [5.74, 6) is 0. The van der Waals surface area contributed by atoms with Crippen molar-refractivity contribution in [2.45, 2.75) is 47.0 Å². The zero-order chi connectivity index (χ0) is 12.4. The van der Waals surface area contributed by atoms with Gasteiger partial charge in [0.25, 0.3) is 0 Å². The van der Waals surface area contributed by atoms with Gasteiger partial charge < -0.3 is 9.47 Å². The normalized spacial score (nSPS) is 11.9. The molecule has 0 saturated carbocycles. The molecule has 92 valence electrons. The van der Waals surface area contributed by atoms with E-state index in [1.807, 2.05) is 65.0 Å². The van der Waals surface area contributed by atoms with Crippen LogP contribution in [-0.2, 0) is 9.47 Å². The topological polar surface area (TPSA) is 18.5 Å². The fourth-order valence-electron chi connectivity index (χ4n) is 1.22. The molecule has 0 heterocycles. The number of ether oxygens (including phenoxy) is 2. The van der Waals surface area contributed by atoms with Crippen molar-refractivity contribution < 1.29 is 9.47 Å². The van der Waals surface area contributed by atoms with Crippen LogP contribution in [0.1, 0.15) is 46.5 Å². The Hall–Kier alpha value is -0.860. The van der Waals surface area contributed by atoms with Crippen LogP contribution in [0.5, 0.6) is 0 Å². The van der Waals surface area contributed by atoms with E-state index in [4.69, 9.17) is 9.47 Å². The Morgan fingerprint density at radius 1 is 1.06 bits per heavy atom. The molecule has 16 heavy (non-hydrogen) atoms. The zero-order valence-electron chi connectivity index (χ0n) is 11.1. The number of rotatable bonds is 5. The molecule has 0 aromatic heterocycles. The molecule has 1 aromatic rings. The van der Waals surface area contributed by atoms with Gasteiger partial charge in [-0.15, -0.1) is 0 Å². The quantitative estimate of drug-likeness (QED) is 0.699. The van der Waals surface area contributed by atoms with Gasteiger partial charge in [-0.1, -0.05) is 44.2 Å². The molecule has 2 nitrogen and oxygen atoms in total. The molecule has 1 unspecified atom stereocenters. The van der Waals surface area contributed by atoms with Crippen LogP contribution in [-0.4, -0.2) is 12.7 Å². The monoisotopic (exact) mass is 224 g/mol. The summed E-state index contributed by atoms with van der Waals surface area (Å²) in [6.07, 6.45) is -0.0621. The minimum Gasteiger partial charge on any atom is -0.349 e. The predicted octanol–water partition coefficient (Wildman–Crippen LogP) is 4.17. The highest BCUT2D eigenvalue weighted by Crippen LogP contribution is 2.19. The smallest absolute Gasteiger partial charge is 0.184 e. The summed E-state index contributed by atoms with van der Waals surface area (Å²) in [6, 6.07) is 10.0. The Morgan fingerprint density at radius 2 is 1.62 bits per heavy atom. The summed E-state index contributed by atoms with van der Waals surface area (Å²) in [5, 5.41) is 0. The molecular weight excluding hydrogens is 200 g/mol. The Morgan fingerprint density at radius 3 is 2.06 bits per heavy atom. The number of benzene rings is 1. The minimum absolute atomic E-state index is 0.173. The minimum atomic E-state index is -0.235. The lowest BCUT2D eigenvalue weighted by Crippen LogP contribution is -2.13. The molecule has 2 heteroatoms. The van der Waals surface area contributed by atoms with Gasteiger partial charge in [0.2, 0.25) is 0 Å². The fourth-order valence-corrected chi connectivity index (χ4v) is 1.22. The molecule has 1 rings (SSSR count). The van der Waals surface area contributed by atoms with Crippen LogP contribution >= 0.6 is 0 Å². The molecule has 1 atom stereocenters. The summed E-state index contributed by atoms with van der Waals surface area (Å²) in [5.41, 5.74) is 1.07. The highest BCUT2D eigenvalue weighted by Gasteiger charge is 2.12. The maximum Gasteiger partial charge on any atom is 0.184 e. The van der Waals surface area contributed by atoms with Gasteiger partial charge in [0.15, 0.2) is 6.29 Å². The molecule has 0 aliphatic rings. The van der Waals surface area contributed by atoms with Crippen LogP contribution < -0.4 is 0 Å². The molecule has 0 aliphatic heterocycles. The van der Waals surface area contributed by atoms with E-state index in [1.165, 1.54) is 0 Å². The lowest BCUT2D eigenvalue weighted by molar-refractivity contribution is -0.164. The van der Waals surface area contributed by atoms with Crippen LogP contribution in [0.4, 0.5) is 0 Å². The molecule has 0 aliphatic carbocycles. The predicted molar refractivity (Wildman–Crippen MR) is 68.4 cm³/mol. The molecule has 0 radical (unpaired) electrons. The van der Waals surface area contributed by atoms with Crippen molar-refractivity contribution in [3.05, 3.63) is 35.9 Å². The van der Waals surface area contributed by atoms with Gasteiger partial charge in [-0.25, -0.2) is 0 Å². The highest BCUT2D eigenvalue weighted by molar-refractivity contribution is 5.15. The summed E-state index contributed by atoms with van der Waals surface area (Å²) in [6.45, 7) is 10.6. The van der Waals surface area contributed by atoms with Gasteiger partial charge in [0, 0.05) is 12.2 Å². The lowest BCUT2D eigenvalue weighted by atomic mass is 10.2. The van der Waals surface area contributed by atoms with Crippen LogP contribution in [0, 0.1) is 0 Å². The molecule has 0 spiro atoms. The van der Waals surface area contributed by atoms with Crippen molar-refractivity contribution in [2.24, 2.45) is 0 Å². The van der Waals surface area contributed by atoms with E-state index in [0.717, 1.165) is 5.56 Å². The first-order valence-corrected chi connectivity index (χ1v) is 6.06.